The average Bonchev–Trinajstić information content (AvgIpc) is 3.12. The predicted molar refractivity (Wildman–Crippen MR) is 88.4 cm³/mol. The third kappa shape index (κ3) is 5.34. The molecule has 2 aliphatic carbocycles. The number of unbranched alkanes of at least 4 members (excludes halogenated alkanes) is 1. The second-order valence-corrected chi connectivity index (χ2v) is 6.50. The zero-order valence-corrected chi connectivity index (χ0v) is 14.2. The van der Waals surface area contributed by atoms with Crippen molar-refractivity contribution in [3.8, 4) is 0 Å². The van der Waals surface area contributed by atoms with Crippen molar-refractivity contribution in [2.75, 3.05) is 18.4 Å². The summed E-state index contributed by atoms with van der Waals surface area (Å²) < 4.78 is 31.7. The number of aliphatic carboxylic acids is 1. The van der Waals surface area contributed by atoms with Crippen LogP contribution in [-0.2, 0) is 9.59 Å². The van der Waals surface area contributed by atoms with Gasteiger partial charge in [-0.1, -0.05) is 6.07 Å². The van der Waals surface area contributed by atoms with Gasteiger partial charge in [0.05, 0.1) is 5.41 Å². The number of nitrogens with one attached hydrogen (secondary N) is 2. The Balaban J connectivity index is 0.000000298. The van der Waals surface area contributed by atoms with Gasteiger partial charge < -0.3 is 15.7 Å². The Kier molecular flexibility index (Phi) is 6.44. The number of carbonyl (C=O) groups is 2. The Morgan fingerprint density at radius 3 is 2.42 bits per heavy atom. The van der Waals surface area contributed by atoms with Crippen molar-refractivity contribution in [3.05, 3.63) is 24.4 Å². The maximum atomic E-state index is 11.9. The molecule has 9 heteroatoms. The van der Waals surface area contributed by atoms with Gasteiger partial charge in [-0.15, -0.1) is 0 Å². The molecular weight excluding hydrogens is 351 g/mol. The lowest BCUT2D eigenvalue weighted by Crippen LogP contribution is -2.37. The fourth-order valence-corrected chi connectivity index (χ4v) is 2.99. The van der Waals surface area contributed by atoms with Gasteiger partial charge in [-0.2, -0.15) is 13.2 Å². The summed E-state index contributed by atoms with van der Waals surface area (Å²) in [5, 5.41) is 13.5. The number of hydrogen-bond acceptors (Lipinski definition) is 4. The Hall–Kier alpha value is -2.32. The first-order valence-electron chi connectivity index (χ1n) is 8.49. The minimum atomic E-state index is -5.08. The Bertz CT molecular complexity index is 621. The predicted octanol–water partition coefficient (Wildman–Crippen LogP) is 2.82. The van der Waals surface area contributed by atoms with E-state index in [-0.39, 0.29) is 5.41 Å². The van der Waals surface area contributed by atoms with Crippen LogP contribution in [0.25, 0.3) is 0 Å². The van der Waals surface area contributed by atoms with Crippen molar-refractivity contribution in [1.82, 2.24) is 10.3 Å². The monoisotopic (exact) mass is 373 g/mol. The largest absolute Gasteiger partial charge is 0.490 e. The molecule has 0 spiro atoms. The van der Waals surface area contributed by atoms with Crippen LogP contribution in [0.4, 0.5) is 19.0 Å². The van der Waals surface area contributed by atoms with Gasteiger partial charge in [-0.25, -0.2) is 9.78 Å². The number of carboxylic acid groups (broad SMARTS) is 1. The number of rotatable bonds is 7. The molecule has 0 aromatic carbocycles. The first kappa shape index (κ1) is 20.0. The van der Waals surface area contributed by atoms with E-state index in [0.29, 0.717) is 5.91 Å². The molecule has 2 saturated carbocycles. The Morgan fingerprint density at radius 1 is 1.27 bits per heavy atom. The molecular formula is C17H22F3N3O3. The van der Waals surface area contributed by atoms with E-state index in [1.54, 1.807) is 6.20 Å². The van der Waals surface area contributed by atoms with Gasteiger partial charge in [-0.05, 0) is 50.2 Å². The standard InChI is InChI=1S/C15H21N3O.C2HF3O2/c19-14(15-7-6-12(15)11-15)18-10-4-3-9-17-13-5-1-2-8-16-13;3-2(4,5)1(6)7/h1-2,5,8,12H,3-4,6-7,9-11H2,(H,16,17)(H,18,19);(H,6,7). The quantitative estimate of drug-likeness (QED) is 0.640. The molecule has 2 aliphatic rings. The molecule has 0 bridgehead atoms. The van der Waals surface area contributed by atoms with E-state index >= 15 is 0 Å². The van der Waals surface area contributed by atoms with Gasteiger partial charge in [-0.3, -0.25) is 4.79 Å². The number of anilines is 1. The van der Waals surface area contributed by atoms with Gasteiger partial charge >= 0.3 is 12.1 Å². The van der Waals surface area contributed by atoms with Gasteiger partial charge in [0.25, 0.3) is 0 Å². The molecule has 0 aliphatic heterocycles. The van der Waals surface area contributed by atoms with E-state index in [2.05, 4.69) is 15.6 Å². The molecule has 1 aromatic heterocycles. The van der Waals surface area contributed by atoms with E-state index in [4.69, 9.17) is 9.90 Å². The van der Waals surface area contributed by atoms with E-state index in [1.165, 1.54) is 6.42 Å². The number of nitrogens with zero attached hydrogens (tertiary/aromatic N) is 1. The van der Waals surface area contributed by atoms with Crippen molar-refractivity contribution in [2.24, 2.45) is 11.3 Å². The van der Waals surface area contributed by atoms with Crippen molar-refractivity contribution in [3.63, 3.8) is 0 Å². The number of fused-ring (bicyclic) bond motifs is 1. The molecule has 144 valence electrons. The van der Waals surface area contributed by atoms with E-state index in [0.717, 1.165) is 50.5 Å². The minimum Gasteiger partial charge on any atom is -0.475 e. The zero-order chi connectivity index (χ0) is 19.2. The smallest absolute Gasteiger partial charge is 0.475 e. The van der Waals surface area contributed by atoms with Crippen molar-refractivity contribution >= 4 is 17.7 Å². The van der Waals surface area contributed by atoms with Crippen LogP contribution >= 0.6 is 0 Å². The fourth-order valence-electron chi connectivity index (χ4n) is 2.99. The molecule has 6 nitrogen and oxygen atoms in total. The van der Waals surface area contributed by atoms with Crippen LogP contribution < -0.4 is 10.6 Å². The zero-order valence-electron chi connectivity index (χ0n) is 14.2. The lowest BCUT2D eigenvalue weighted by atomic mass is 9.84. The number of alkyl halides is 3. The number of carboxylic acids is 1. The first-order valence-corrected chi connectivity index (χ1v) is 8.49. The normalized spacial score (nSPS) is 22.8. The van der Waals surface area contributed by atoms with Gasteiger partial charge in [0.2, 0.25) is 5.91 Å². The number of carbonyl (C=O) groups excluding carboxylic acids is 1. The summed E-state index contributed by atoms with van der Waals surface area (Å²) >= 11 is 0. The number of pyridine rings is 1. The molecule has 1 amide bonds. The van der Waals surface area contributed by atoms with Crippen molar-refractivity contribution in [2.45, 2.75) is 38.3 Å². The lowest BCUT2D eigenvalue weighted by molar-refractivity contribution is -0.192. The number of hydrogen-bond donors (Lipinski definition) is 3. The molecule has 1 aromatic rings. The summed E-state index contributed by atoms with van der Waals surface area (Å²) in [6, 6.07) is 5.84. The van der Waals surface area contributed by atoms with E-state index in [1.807, 2.05) is 18.2 Å². The van der Waals surface area contributed by atoms with Crippen LogP contribution in [0.2, 0.25) is 0 Å². The van der Waals surface area contributed by atoms with Gasteiger partial charge in [0.1, 0.15) is 5.82 Å². The Morgan fingerprint density at radius 2 is 1.96 bits per heavy atom. The molecule has 26 heavy (non-hydrogen) atoms. The first-order chi connectivity index (χ1) is 12.3. The summed E-state index contributed by atoms with van der Waals surface area (Å²) in [6.45, 7) is 1.71. The van der Waals surface area contributed by atoms with Crippen molar-refractivity contribution in [1.29, 1.82) is 0 Å². The number of aromatic nitrogens is 1. The van der Waals surface area contributed by atoms with Crippen LogP contribution in [-0.4, -0.2) is 41.2 Å². The highest BCUT2D eigenvalue weighted by Gasteiger charge is 2.65. The van der Waals surface area contributed by atoms with Crippen LogP contribution in [0, 0.1) is 11.3 Å². The van der Waals surface area contributed by atoms with Crippen LogP contribution in [0.15, 0.2) is 24.4 Å². The summed E-state index contributed by atoms with van der Waals surface area (Å²) in [5.74, 6) is -0.812. The van der Waals surface area contributed by atoms with Gasteiger partial charge in [0, 0.05) is 19.3 Å². The summed E-state index contributed by atoms with van der Waals surface area (Å²) in [6.07, 6.45) is 2.29. The van der Waals surface area contributed by atoms with Crippen LogP contribution in [0.3, 0.4) is 0 Å². The SMILES string of the molecule is O=C(NCCCCNc1ccccn1)C12CCC1C2.O=C(O)C(F)(F)F. The van der Waals surface area contributed by atoms with Gasteiger partial charge in [0.15, 0.2) is 0 Å². The highest BCUT2D eigenvalue weighted by Crippen LogP contribution is 2.67. The molecule has 0 saturated heterocycles. The third-order valence-corrected chi connectivity index (χ3v) is 4.73. The molecule has 2 atom stereocenters. The fraction of sp³-hybridized carbons (Fsp3) is 0.588. The third-order valence-electron chi connectivity index (χ3n) is 4.73. The second-order valence-electron chi connectivity index (χ2n) is 6.50. The molecule has 2 unspecified atom stereocenters. The van der Waals surface area contributed by atoms with E-state index in [9.17, 15) is 18.0 Å². The molecule has 3 rings (SSSR count). The highest BCUT2D eigenvalue weighted by atomic mass is 19.4. The van der Waals surface area contributed by atoms with E-state index < -0.39 is 12.1 Å². The topological polar surface area (TPSA) is 91.3 Å². The van der Waals surface area contributed by atoms with Crippen LogP contribution in [0.5, 0.6) is 0 Å². The lowest BCUT2D eigenvalue weighted by Gasteiger charge is -2.24. The van der Waals surface area contributed by atoms with Crippen molar-refractivity contribution < 1.29 is 27.9 Å². The maximum Gasteiger partial charge on any atom is 0.490 e. The molecule has 0 radical (unpaired) electrons. The summed E-state index contributed by atoms with van der Waals surface area (Å²) in [4.78, 5) is 25.0. The summed E-state index contributed by atoms with van der Waals surface area (Å²) in [5.41, 5.74) is 0.0895. The highest BCUT2D eigenvalue weighted by molar-refractivity contribution is 5.87. The number of halogens is 3. The maximum absolute atomic E-state index is 11.9. The summed E-state index contributed by atoms with van der Waals surface area (Å²) in [7, 11) is 0. The average molecular weight is 373 g/mol. The minimum absolute atomic E-state index is 0.0895. The number of amides is 1. The molecule has 1 heterocycles. The molecule has 2 fully saturated rings. The molecule has 3 N–H and O–H groups in total. The second kappa shape index (κ2) is 8.37. The Labute approximate surface area is 149 Å². The van der Waals surface area contributed by atoms with Crippen LogP contribution in [0.1, 0.15) is 32.1 Å².